The number of morpholine rings is 1. The molecule has 1 aliphatic heterocycles. The Labute approximate surface area is 102 Å². The average Bonchev–Trinajstić information content (AvgIpc) is 2.29. The number of carboxylic acids is 1. The monoisotopic (exact) mass is 243 g/mol. The maximum Gasteiger partial charge on any atom is 0.310 e. The van der Waals surface area contributed by atoms with E-state index in [4.69, 9.17) is 4.74 Å². The van der Waals surface area contributed by atoms with Gasteiger partial charge >= 0.3 is 5.97 Å². The molecular weight excluding hydrogens is 222 g/mol. The van der Waals surface area contributed by atoms with Crippen LogP contribution >= 0.6 is 0 Å². The predicted molar refractivity (Wildman–Crippen MR) is 62.6 cm³/mol. The molecule has 1 heterocycles. The minimum Gasteiger partial charge on any atom is -0.481 e. The van der Waals surface area contributed by atoms with Crippen LogP contribution < -0.4 is 0 Å². The van der Waals surface area contributed by atoms with E-state index >= 15 is 0 Å². The number of ether oxygens (including phenoxy) is 1. The van der Waals surface area contributed by atoms with E-state index in [-0.39, 0.29) is 18.2 Å². The quantitative estimate of drug-likeness (QED) is 0.799. The lowest BCUT2D eigenvalue weighted by Crippen LogP contribution is -2.45. The van der Waals surface area contributed by atoms with Crippen LogP contribution in [0.1, 0.15) is 27.2 Å². The summed E-state index contributed by atoms with van der Waals surface area (Å²) >= 11 is 0. The largest absolute Gasteiger partial charge is 0.481 e. The van der Waals surface area contributed by atoms with Crippen LogP contribution in [0.3, 0.4) is 0 Å². The third-order valence-electron chi connectivity index (χ3n) is 3.65. The molecule has 0 aromatic carbocycles. The smallest absolute Gasteiger partial charge is 0.310 e. The molecule has 1 fully saturated rings. The van der Waals surface area contributed by atoms with Crippen LogP contribution in [0.15, 0.2) is 0 Å². The Balaban J connectivity index is 2.67. The van der Waals surface area contributed by atoms with Gasteiger partial charge in [0, 0.05) is 19.5 Å². The highest BCUT2D eigenvalue weighted by Crippen LogP contribution is 2.32. The van der Waals surface area contributed by atoms with Crippen molar-refractivity contribution in [1.82, 2.24) is 4.90 Å². The Morgan fingerprint density at radius 3 is 2.29 bits per heavy atom. The highest BCUT2D eigenvalue weighted by atomic mass is 16.5. The fraction of sp³-hybridized carbons (Fsp3) is 0.833. The van der Waals surface area contributed by atoms with Crippen molar-refractivity contribution in [2.24, 2.45) is 11.3 Å². The first-order valence-corrected chi connectivity index (χ1v) is 5.97. The Hall–Kier alpha value is -1.10. The Kier molecular flexibility index (Phi) is 4.51. The molecule has 0 saturated carbocycles. The molecule has 0 radical (unpaired) electrons. The summed E-state index contributed by atoms with van der Waals surface area (Å²) in [5.74, 6) is -1.08. The van der Waals surface area contributed by atoms with E-state index in [1.807, 2.05) is 13.8 Å². The zero-order chi connectivity index (χ0) is 13.1. The number of hydrogen-bond acceptors (Lipinski definition) is 3. The lowest BCUT2D eigenvalue weighted by molar-refractivity contribution is -0.156. The molecule has 1 N–H and O–H groups in total. The summed E-state index contributed by atoms with van der Waals surface area (Å²) in [7, 11) is 0. The number of carbonyl (C=O) groups excluding carboxylic acids is 1. The molecule has 1 saturated heterocycles. The van der Waals surface area contributed by atoms with Gasteiger partial charge in [-0.15, -0.1) is 0 Å². The van der Waals surface area contributed by atoms with E-state index in [0.717, 1.165) is 0 Å². The summed E-state index contributed by atoms with van der Waals surface area (Å²) in [6.07, 6.45) is 0.0556. The summed E-state index contributed by atoms with van der Waals surface area (Å²) in [5.41, 5.74) is -0.991. The van der Waals surface area contributed by atoms with E-state index in [0.29, 0.717) is 26.3 Å². The van der Waals surface area contributed by atoms with Crippen LogP contribution in [0, 0.1) is 11.3 Å². The van der Waals surface area contributed by atoms with Gasteiger partial charge in [-0.3, -0.25) is 9.59 Å². The van der Waals surface area contributed by atoms with Crippen molar-refractivity contribution >= 4 is 11.9 Å². The second-order valence-corrected chi connectivity index (χ2v) is 5.05. The molecule has 17 heavy (non-hydrogen) atoms. The third-order valence-corrected chi connectivity index (χ3v) is 3.65. The van der Waals surface area contributed by atoms with Gasteiger partial charge in [0.1, 0.15) is 0 Å². The first kappa shape index (κ1) is 14.0. The fourth-order valence-corrected chi connectivity index (χ4v) is 1.77. The van der Waals surface area contributed by atoms with Gasteiger partial charge in [-0.25, -0.2) is 0 Å². The molecule has 98 valence electrons. The van der Waals surface area contributed by atoms with Crippen LogP contribution in [0.4, 0.5) is 0 Å². The van der Waals surface area contributed by atoms with Crippen molar-refractivity contribution in [3.63, 3.8) is 0 Å². The second kappa shape index (κ2) is 5.49. The Morgan fingerprint density at radius 1 is 1.35 bits per heavy atom. The van der Waals surface area contributed by atoms with Gasteiger partial charge in [0.05, 0.1) is 18.6 Å². The number of carbonyl (C=O) groups is 2. The van der Waals surface area contributed by atoms with E-state index in [1.54, 1.807) is 11.8 Å². The van der Waals surface area contributed by atoms with Gasteiger partial charge < -0.3 is 14.7 Å². The van der Waals surface area contributed by atoms with Crippen molar-refractivity contribution in [2.75, 3.05) is 26.3 Å². The van der Waals surface area contributed by atoms with Gasteiger partial charge in [0.25, 0.3) is 0 Å². The highest BCUT2D eigenvalue weighted by Gasteiger charge is 2.40. The van der Waals surface area contributed by atoms with Crippen molar-refractivity contribution in [3.05, 3.63) is 0 Å². The molecule has 5 nitrogen and oxygen atoms in total. The molecule has 0 bridgehead atoms. The molecule has 1 aliphatic rings. The molecular formula is C12H21NO4. The van der Waals surface area contributed by atoms with Crippen molar-refractivity contribution < 1.29 is 19.4 Å². The van der Waals surface area contributed by atoms with E-state index in [1.165, 1.54) is 0 Å². The van der Waals surface area contributed by atoms with Crippen LogP contribution in [-0.2, 0) is 14.3 Å². The van der Waals surface area contributed by atoms with Gasteiger partial charge in [-0.2, -0.15) is 0 Å². The number of amides is 1. The topological polar surface area (TPSA) is 66.8 Å². The lowest BCUT2D eigenvalue weighted by Gasteiger charge is -2.33. The maximum absolute atomic E-state index is 12.0. The maximum atomic E-state index is 12.0. The molecule has 1 amide bonds. The highest BCUT2D eigenvalue weighted by molar-refractivity contribution is 5.85. The van der Waals surface area contributed by atoms with Gasteiger partial charge in [0.2, 0.25) is 5.91 Å². The van der Waals surface area contributed by atoms with Crippen molar-refractivity contribution in [1.29, 1.82) is 0 Å². The number of hydrogen-bond donors (Lipinski definition) is 1. The van der Waals surface area contributed by atoms with Gasteiger partial charge in [-0.05, 0) is 12.8 Å². The summed E-state index contributed by atoms with van der Waals surface area (Å²) in [4.78, 5) is 25.0. The van der Waals surface area contributed by atoms with Crippen LogP contribution in [0.25, 0.3) is 0 Å². The van der Waals surface area contributed by atoms with Gasteiger partial charge in [0.15, 0.2) is 0 Å². The normalized spacial score (nSPS) is 20.1. The standard InChI is InChI=1S/C12H21NO4/c1-9(2)12(3,11(15)16)8-10(14)13-4-6-17-7-5-13/h9H,4-8H2,1-3H3,(H,15,16)/t12-/m0/s1. The van der Waals surface area contributed by atoms with Crippen LogP contribution in [0.2, 0.25) is 0 Å². The zero-order valence-electron chi connectivity index (χ0n) is 10.7. The average molecular weight is 243 g/mol. The van der Waals surface area contributed by atoms with Crippen LogP contribution in [-0.4, -0.2) is 48.2 Å². The fourth-order valence-electron chi connectivity index (χ4n) is 1.77. The zero-order valence-corrected chi connectivity index (χ0v) is 10.7. The first-order chi connectivity index (χ1) is 7.88. The molecule has 1 rings (SSSR count). The van der Waals surface area contributed by atoms with E-state index in [2.05, 4.69) is 0 Å². The Morgan fingerprint density at radius 2 is 1.88 bits per heavy atom. The molecule has 0 aliphatic carbocycles. The van der Waals surface area contributed by atoms with Crippen LogP contribution in [0.5, 0.6) is 0 Å². The van der Waals surface area contributed by atoms with E-state index in [9.17, 15) is 14.7 Å². The molecule has 0 aromatic heterocycles. The second-order valence-electron chi connectivity index (χ2n) is 5.05. The van der Waals surface area contributed by atoms with Crippen molar-refractivity contribution in [2.45, 2.75) is 27.2 Å². The minimum atomic E-state index is -0.991. The summed E-state index contributed by atoms with van der Waals surface area (Å²) in [6, 6.07) is 0. The number of nitrogens with zero attached hydrogens (tertiary/aromatic N) is 1. The lowest BCUT2D eigenvalue weighted by atomic mass is 9.76. The molecule has 0 unspecified atom stereocenters. The molecule has 0 spiro atoms. The summed E-state index contributed by atoms with van der Waals surface area (Å²) in [6.45, 7) is 7.51. The van der Waals surface area contributed by atoms with E-state index < -0.39 is 11.4 Å². The number of aliphatic carboxylic acids is 1. The molecule has 5 heteroatoms. The summed E-state index contributed by atoms with van der Waals surface area (Å²) in [5, 5.41) is 9.25. The molecule has 0 aromatic rings. The van der Waals surface area contributed by atoms with Gasteiger partial charge in [-0.1, -0.05) is 13.8 Å². The first-order valence-electron chi connectivity index (χ1n) is 5.97. The predicted octanol–water partition coefficient (Wildman–Crippen LogP) is 0.982. The number of rotatable bonds is 4. The molecule has 1 atom stereocenters. The minimum absolute atomic E-state index is 0.0556. The summed E-state index contributed by atoms with van der Waals surface area (Å²) < 4.78 is 5.16. The van der Waals surface area contributed by atoms with Crippen molar-refractivity contribution in [3.8, 4) is 0 Å². The third kappa shape index (κ3) is 3.19. The SMILES string of the molecule is CC(C)[C@](C)(CC(=O)N1CCOCC1)C(=O)O. The number of carboxylic acid groups (broad SMARTS) is 1. The Bertz CT molecular complexity index is 297.